The summed E-state index contributed by atoms with van der Waals surface area (Å²) in [6.45, 7) is 0. The molecule has 0 spiro atoms. The minimum atomic E-state index is -3.21. The maximum atomic E-state index is 14.5. The number of unbranched alkanes of at least 4 members (excludes halogenated alkanes) is 1. The van der Waals surface area contributed by atoms with E-state index in [0.717, 1.165) is 12.8 Å². The average molecular weight is 364 g/mol. The highest BCUT2D eigenvalue weighted by molar-refractivity contribution is 5.75. The fourth-order valence-corrected chi connectivity index (χ4v) is 3.81. The zero-order valence-corrected chi connectivity index (χ0v) is 15.2. The number of rotatable bonds is 7. The van der Waals surface area contributed by atoms with Crippen LogP contribution in [-0.4, -0.2) is 17.1 Å². The van der Waals surface area contributed by atoms with Crippen LogP contribution in [0.3, 0.4) is 0 Å². The first kappa shape index (κ1) is 18.8. The van der Waals surface area contributed by atoms with Crippen molar-refractivity contribution in [2.24, 2.45) is 5.92 Å². The number of ether oxygens (including phenoxy) is 1. The van der Waals surface area contributed by atoms with E-state index in [1.165, 1.54) is 39.2 Å². The smallest absolute Gasteiger partial charge is 0.295 e. The van der Waals surface area contributed by atoms with Crippen LogP contribution in [0.15, 0.2) is 23.0 Å². The number of methoxy groups -OCH3 is 1. The third kappa shape index (κ3) is 4.40. The number of aromatic amines is 1. The van der Waals surface area contributed by atoms with E-state index < -0.39 is 17.2 Å². The molecule has 0 aliphatic heterocycles. The van der Waals surface area contributed by atoms with Crippen molar-refractivity contribution in [3.63, 3.8) is 0 Å². The number of H-pyrrole nitrogens is 1. The normalized spacial score (nSPS) is 16.1. The summed E-state index contributed by atoms with van der Waals surface area (Å²) in [6.07, 6.45) is 8.15. The van der Waals surface area contributed by atoms with Gasteiger partial charge in [0, 0.05) is 12.5 Å². The second-order valence-corrected chi connectivity index (χ2v) is 7.25. The standard InChI is InChI=1S/C20H26F2N2O2/c1-26-15-10-11-16-17(13-15)24-19(25)18(23-16)20(21,22)12-6-5-9-14-7-3-2-4-8-14/h10-11,13-14H,2-9,12H2,1H3,(H,24,25). The van der Waals surface area contributed by atoms with Crippen molar-refractivity contribution in [1.29, 1.82) is 0 Å². The minimum absolute atomic E-state index is 0.335. The van der Waals surface area contributed by atoms with E-state index >= 15 is 0 Å². The van der Waals surface area contributed by atoms with E-state index in [-0.39, 0.29) is 6.42 Å². The Kier molecular flexibility index (Phi) is 5.89. The molecule has 1 aliphatic rings. The number of alkyl halides is 2. The quantitative estimate of drug-likeness (QED) is 0.690. The molecule has 0 atom stereocenters. The van der Waals surface area contributed by atoms with Crippen molar-refractivity contribution in [2.75, 3.05) is 7.11 Å². The first-order chi connectivity index (χ1) is 12.5. The van der Waals surface area contributed by atoms with Gasteiger partial charge in [0.05, 0.1) is 18.1 Å². The summed E-state index contributed by atoms with van der Waals surface area (Å²) in [7, 11) is 1.50. The zero-order valence-electron chi connectivity index (χ0n) is 15.2. The van der Waals surface area contributed by atoms with E-state index in [1.54, 1.807) is 18.2 Å². The Labute approximate surface area is 152 Å². The molecule has 1 aliphatic carbocycles. The predicted molar refractivity (Wildman–Crippen MR) is 97.9 cm³/mol. The molecule has 0 amide bonds. The lowest BCUT2D eigenvalue weighted by atomic mass is 9.85. The Morgan fingerprint density at radius 2 is 2.00 bits per heavy atom. The first-order valence-electron chi connectivity index (χ1n) is 9.46. The lowest BCUT2D eigenvalue weighted by Crippen LogP contribution is -2.27. The molecule has 1 fully saturated rings. The van der Waals surface area contributed by atoms with Crippen LogP contribution in [0.1, 0.15) is 63.5 Å². The first-order valence-corrected chi connectivity index (χ1v) is 9.46. The maximum Gasteiger partial charge on any atom is 0.295 e. The number of hydrogen-bond donors (Lipinski definition) is 1. The van der Waals surface area contributed by atoms with Gasteiger partial charge in [-0.05, 0) is 24.5 Å². The van der Waals surface area contributed by atoms with Gasteiger partial charge in [-0.2, -0.15) is 8.78 Å². The molecular weight excluding hydrogens is 338 g/mol. The van der Waals surface area contributed by atoms with Crippen LogP contribution < -0.4 is 10.3 Å². The number of benzene rings is 1. The highest BCUT2D eigenvalue weighted by atomic mass is 19.3. The molecule has 1 aromatic carbocycles. The van der Waals surface area contributed by atoms with Gasteiger partial charge in [-0.15, -0.1) is 0 Å². The van der Waals surface area contributed by atoms with Crippen LogP contribution in [-0.2, 0) is 5.92 Å². The number of fused-ring (bicyclic) bond motifs is 1. The minimum Gasteiger partial charge on any atom is -0.497 e. The molecule has 6 heteroatoms. The fraction of sp³-hybridized carbons (Fsp3) is 0.600. The number of nitrogens with one attached hydrogen (secondary N) is 1. The van der Waals surface area contributed by atoms with Crippen molar-refractivity contribution in [3.05, 3.63) is 34.2 Å². The molecule has 1 heterocycles. The lowest BCUT2D eigenvalue weighted by Gasteiger charge is -2.21. The summed E-state index contributed by atoms with van der Waals surface area (Å²) in [5.74, 6) is -1.99. The van der Waals surface area contributed by atoms with Gasteiger partial charge in [0.25, 0.3) is 11.5 Å². The summed E-state index contributed by atoms with van der Waals surface area (Å²) >= 11 is 0. The Bertz CT molecular complexity index is 798. The average Bonchev–Trinajstić information content (AvgIpc) is 2.65. The van der Waals surface area contributed by atoms with Crippen LogP contribution in [0.5, 0.6) is 5.75 Å². The van der Waals surface area contributed by atoms with Gasteiger partial charge in [-0.3, -0.25) is 4.79 Å². The van der Waals surface area contributed by atoms with E-state index in [2.05, 4.69) is 9.97 Å². The van der Waals surface area contributed by atoms with Gasteiger partial charge >= 0.3 is 0 Å². The number of nitrogens with zero attached hydrogens (tertiary/aromatic N) is 1. The van der Waals surface area contributed by atoms with Crippen LogP contribution in [0.2, 0.25) is 0 Å². The summed E-state index contributed by atoms with van der Waals surface area (Å²) in [5.41, 5.74) is -0.788. The van der Waals surface area contributed by atoms with Crippen LogP contribution >= 0.6 is 0 Å². The van der Waals surface area contributed by atoms with Crippen molar-refractivity contribution in [2.45, 2.75) is 63.7 Å². The molecule has 2 aromatic rings. The van der Waals surface area contributed by atoms with E-state index in [0.29, 0.717) is 29.1 Å². The molecule has 0 radical (unpaired) electrons. The van der Waals surface area contributed by atoms with Gasteiger partial charge in [0.15, 0.2) is 5.69 Å². The largest absolute Gasteiger partial charge is 0.497 e. The van der Waals surface area contributed by atoms with E-state index in [1.807, 2.05) is 0 Å². The molecule has 142 valence electrons. The summed E-state index contributed by atoms with van der Waals surface area (Å²) in [6, 6.07) is 4.79. The van der Waals surface area contributed by atoms with E-state index in [4.69, 9.17) is 4.74 Å². The summed E-state index contributed by atoms with van der Waals surface area (Å²) in [5, 5.41) is 0. The topological polar surface area (TPSA) is 55.0 Å². The third-order valence-electron chi connectivity index (χ3n) is 5.32. The third-order valence-corrected chi connectivity index (χ3v) is 5.32. The Hall–Kier alpha value is -1.98. The number of aromatic nitrogens is 2. The number of halogens is 2. The van der Waals surface area contributed by atoms with Crippen molar-refractivity contribution in [1.82, 2.24) is 9.97 Å². The summed E-state index contributed by atoms with van der Waals surface area (Å²) in [4.78, 5) is 18.6. The molecule has 1 N–H and O–H groups in total. The number of hydrogen-bond acceptors (Lipinski definition) is 3. The fourth-order valence-electron chi connectivity index (χ4n) is 3.81. The second-order valence-electron chi connectivity index (χ2n) is 7.25. The van der Waals surface area contributed by atoms with Crippen LogP contribution in [0.4, 0.5) is 8.78 Å². The van der Waals surface area contributed by atoms with Gasteiger partial charge in [0.1, 0.15) is 5.75 Å². The summed E-state index contributed by atoms with van der Waals surface area (Å²) < 4.78 is 34.2. The zero-order chi connectivity index (χ0) is 18.6. The molecule has 26 heavy (non-hydrogen) atoms. The molecule has 0 unspecified atom stereocenters. The van der Waals surface area contributed by atoms with Crippen molar-refractivity contribution < 1.29 is 13.5 Å². The lowest BCUT2D eigenvalue weighted by molar-refractivity contribution is -0.0216. The molecule has 0 bridgehead atoms. The molecule has 3 rings (SSSR count). The van der Waals surface area contributed by atoms with Crippen LogP contribution in [0, 0.1) is 5.92 Å². The Morgan fingerprint density at radius 3 is 2.73 bits per heavy atom. The molecule has 1 aromatic heterocycles. The Balaban J connectivity index is 1.65. The monoisotopic (exact) mass is 364 g/mol. The van der Waals surface area contributed by atoms with Gasteiger partial charge in [-0.25, -0.2) is 4.98 Å². The Morgan fingerprint density at radius 1 is 1.23 bits per heavy atom. The van der Waals surface area contributed by atoms with Crippen molar-refractivity contribution in [3.8, 4) is 5.75 Å². The van der Waals surface area contributed by atoms with Gasteiger partial charge in [-0.1, -0.05) is 44.9 Å². The van der Waals surface area contributed by atoms with Gasteiger partial charge < -0.3 is 9.72 Å². The van der Waals surface area contributed by atoms with E-state index in [9.17, 15) is 13.6 Å². The second kappa shape index (κ2) is 8.14. The highest BCUT2D eigenvalue weighted by Crippen LogP contribution is 2.33. The van der Waals surface area contributed by atoms with Crippen molar-refractivity contribution >= 4 is 11.0 Å². The maximum absolute atomic E-state index is 14.5. The highest BCUT2D eigenvalue weighted by Gasteiger charge is 2.36. The predicted octanol–water partition coefficient (Wildman–Crippen LogP) is 5.16. The molecule has 1 saturated carbocycles. The molecular formula is C20H26F2N2O2. The SMILES string of the molecule is COc1ccc2nc(C(F)(F)CCCCC3CCCCC3)c(=O)[nH]c2c1. The van der Waals surface area contributed by atoms with Crippen LogP contribution in [0.25, 0.3) is 11.0 Å². The van der Waals surface area contributed by atoms with Gasteiger partial charge in [0.2, 0.25) is 0 Å². The molecule has 4 nitrogen and oxygen atoms in total. The molecule has 0 saturated heterocycles.